The molecule has 0 N–H and O–H groups in total. The molecule has 1 heterocycles. The molecule has 0 fully saturated rings. The molecule has 0 atom stereocenters. The lowest BCUT2D eigenvalue weighted by molar-refractivity contribution is -0.140. The van der Waals surface area contributed by atoms with Gasteiger partial charge in [0.05, 0.1) is 0 Å². The SMILES string of the molecule is CC.CC(=O)OCCSSc1ccccn1. The maximum Gasteiger partial charge on any atom is 0.302 e. The van der Waals surface area contributed by atoms with Gasteiger partial charge in [0, 0.05) is 18.9 Å². The van der Waals surface area contributed by atoms with E-state index >= 15 is 0 Å². The van der Waals surface area contributed by atoms with E-state index in [1.165, 1.54) is 6.92 Å². The monoisotopic (exact) mass is 259 g/mol. The molecule has 0 spiro atoms. The molecule has 90 valence electrons. The Hall–Kier alpha value is -0.680. The predicted octanol–water partition coefficient (Wildman–Crippen LogP) is 3.41. The van der Waals surface area contributed by atoms with E-state index in [1.807, 2.05) is 32.0 Å². The Bertz CT molecular complexity index is 281. The highest BCUT2D eigenvalue weighted by atomic mass is 33.1. The first-order valence-electron chi connectivity index (χ1n) is 5.13. The summed E-state index contributed by atoms with van der Waals surface area (Å²) in [5, 5.41) is 0.973. The van der Waals surface area contributed by atoms with E-state index in [9.17, 15) is 4.79 Å². The average molecular weight is 259 g/mol. The molecule has 16 heavy (non-hydrogen) atoms. The van der Waals surface area contributed by atoms with Gasteiger partial charge in [-0.05, 0) is 22.9 Å². The number of rotatable bonds is 5. The highest BCUT2D eigenvalue weighted by Gasteiger charge is 1.96. The molecule has 0 amide bonds. The van der Waals surface area contributed by atoms with Gasteiger partial charge in [0.1, 0.15) is 11.6 Å². The van der Waals surface area contributed by atoms with E-state index in [-0.39, 0.29) is 5.97 Å². The highest BCUT2D eigenvalue weighted by molar-refractivity contribution is 8.76. The summed E-state index contributed by atoms with van der Waals surface area (Å²) in [6, 6.07) is 5.78. The molecule has 1 rings (SSSR count). The van der Waals surface area contributed by atoms with Crippen molar-refractivity contribution in [1.29, 1.82) is 0 Å². The van der Waals surface area contributed by atoms with Crippen LogP contribution in [0.1, 0.15) is 20.8 Å². The normalized spacial score (nSPS) is 8.94. The molecular weight excluding hydrogens is 242 g/mol. The van der Waals surface area contributed by atoms with Crippen molar-refractivity contribution in [2.75, 3.05) is 12.4 Å². The average Bonchev–Trinajstić information content (AvgIpc) is 2.32. The Morgan fingerprint density at radius 3 is 2.75 bits per heavy atom. The van der Waals surface area contributed by atoms with Crippen LogP contribution in [0.15, 0.2) is 29.4 Å². The van der Waals surface area contributed by atoms with Crippen LogP contribution in [-0.2, 0) is 9.53 Å². The lowest BCUT2D eigenvalue weighted by atomic mass is 10.5. The van der Waals surface area contributed by atoms with E-state index in [0.29, 0.717) is 6.61 Å². The van der Waals surface area contributed by atoms with E-state index < -0.39 is 0 Å². The second kappa shape index (κ2) is 10.8. The largest absolute Gasteiger partial charge is 0.465 e. The van der Waals surface area contributed by atoms with Gasteiger partial charge in [0.2, 0.25) is 0 Å². The Labute approximate surface area is 105 Å². The van der Waals surface area contributed by atoms with Crippen molar-refractivity contribution in [3.63, 3.8) is 0 Å². The summed E-state index contributed by atoms with van der Waals surface area (Å²) < 4.78 is 4.79. The van der Waals surface area contributed by atoms with Gasteiger partial charge in [0.15, 0.2) is 0 Å². The molecule has 0 aliphatic heterocycles. The number of hydrogen-bond acceptors (Lipinski definition) is 5. The van der Waals surface area contributed by atoms with Crippen LogP contribution < -0.4 is 0 Å². The third kappa shape index (κ3) is 8.61. The molecule has 3 nitrogen and oxygen atoms in total. The van der Waals surface area contributed by atoms with Gasteiger partial charge in [-0.15, -0.1) is 0 Å². The first kappa shape index (κ1) is 15.3. The number of pyridine rings is 1. The standard InChI is InChI=1S/C9H11NO2S2.C2H6/c1-8(11)12-6-7-13-14-9-4-2-3-5-10-9;1-2/h2-5H,6-7H2,1H3;1-2H3. The fourth-order valence-corrected chi connectivity index (χ4v) is 2.42. The first-order chi connectivity index (χ1) is 7.79. The minimum atomic E-state index is -0.228. The van der Waals surface area contributed by atoms with Crippen LogP contribution in [0.4, 0.5) is 0 Å². The van der Waals surface area contributed by atoms with Gasteiger partial charge in [-0.25, -0.2) is 4.98 Å². The van der Waals surface area contributed by atoms with Crippen LogP contribution in [0.3, 0.4) is 0 Å². The molecule has 0 radical (unpaired) electrons. The summed E-state index contributed by atoms with van der Waals surface area (Å²) in [5.74, 6) is 0.550. The van der Waals surface area contributed by atoms with Crippen LogP contribution in [-0.4, -0.2) is 23.3 Å². The van der Waals surface area contributed by atoms with Crippen LogP contribution in [0, 0.1) is 0 Å². The molecule has 0 unspecified atom stereocenters. The molecule has 1 aromatic heterocycles. The van der Waals surface area contributed by atoms with Gasteiger partial charge in [-0.3, -0.25) is 4.79 Å². The minimum Gasteiger partial charge on any atom is -0.465 e. The van der Waals surface area contributed by atoms with Crippen molar-refractivity contribution in [3.8, 4) is 0 Å². The zero-order valence-electron chi connectivity index (χ0n) is 9.80. The number of hydrogen-bond donors (Lipinski definition) is 0. The smallest absolute Gasteiger partial charge is 0.302 e. The topological polar surface area (TPSA) is 39.2 Å². The van der Waals surface area contributed by atoms with Gasteiger partial charge < -0.3 is 4.74 Å². The molecular formula is C11H17NO2S2. The zero-order valence-corrected chi connectivity index (χ0v) is 11.4. The summed E-state index contributed by atoms with van der Waals surface area (Å²) in [5.41, 5.74) is 0. The van der Waals surface area contributed by atoms with Crippen molar-refractivity contribution in [1.82, 2.24) is 4.98 Å². The van der Waals surface area contributed by atoms with Crippen molar-refractivity contribution < 1.29 is 9.53 Å². The van der Waals surface area contributed by atoms with Gasteiger partial charge in [-0.1, -0.05) is 30.7 Å². The molecule has 0 saturated heterocycles. The zero-order chi connectivity index (χ0) is 12.2. The maximum atomic E-state index is 10.4. The van der Waals surface area contributed by atoms with Crippen LogP contribution in [0.2, 0.25) is 0 Å². The van der Waals surface area contributed by atoms with Crippen molar-refractivity contribution in [2.24, 2.45) is 0 Å². The number of esters is 1. The van der Waals surface area contributed by atoms with Gasteiger partial charge in [0.25, 0.3) is 0 Å². The van der Waals surface area contributed by atoms with Gasteiger partial charge >= 0.3 is 5.97 Å². The number of carbonyl (C=O) groups is 1. The summed E-state index contributed by atoms with van der Waals surface area (Å²) in [7, 11) is 3.21. The van der Waals surface area contributed by atoms with Crippen molar-refractivity contribution in [2.45, 2.75) is 25.8 Å². The molecule has 0 aliphatic rings. The third-order valence-electron chi connectivity index (χ3n) is 1.25. The molecule has 1 aromatic rings. The Balaban J connectivity index is 0.00000106. The van der Waals surface area contributed by atoms with Crippen molar-refractivity contribution in [3.05, 3.63) is 24.4 Å². The highest BCUT2D eigenvalue weighted by Crippen LogP contribution is 2.28. The summed E-state index contributed by atoms with van der Waals surface area (Å²) in [4.78, 5) is 14.6. The first-order valence-corrected chi connectivity index (χ1v) is 7.45. The van der Waals surface area contributed by atoms with E-state index in [2.05, 4.69) is 4.98 Å². The third-order valence-corrected chi connectivity index (χ3v) is 3.48. The van der Waals surface area contributed by atoms with Gasteiger partial charge in [-0.2, -0.15) is 0 Å². The molecule has 0 saturated carbocycles. The predicted molar refractivity (Wildman–Crippen MR) is 70.5 cm³/mol. The second-order valence-electron chi connectivity index (χ2n) is 2.41. The Morgan fingerprint density at radius 2 is 2.19 bits per heavy atom. The number of aromatic nitrogens is 1. The summed E-state index contributed by atoms with van der Waals surface area (Å²) in [6.45, 7) is 5.87. The van der Waals surface area contributed by atoms with Crippen LogP contribution >= 0.6 is 21.6 Å². The van der Waals surface area contributed by atoms with Crippen molar-refractivity contribution >= 4 is 27.6 Å². The van der Waals surface area contributed by atoms with Crippen LogP contribution in [0.5, 0.6) is 0 Å². The fourth-order valence-electron chi connectivity index (χ4n) is 0.718. The number of ether oxygens (including phenoxy) is 1. The maximum absolute atomic E-state index is 10.4. The van der Waals surface area contributed by atoms with E-state index in [1.54, 1.807) is 27.8 Å². The quantitative estimate of drug-likeness (QED) is 0.460. The number of carbonyl (C=O) groups excluding carboxylic acids is 1. The van der Waals surface area contributed by atoms with E-state index in [4.69, 9.17) is 4.74 Å². The fraction of sp³-hybridized carbons (Fsp3) is 0.455. The number of nitrogens with zero attached hydrogens (tertiary/aromatic N) is 1. The molecule has 0 aliphatic carbocycles. The molecule has 0 bridgehead atoms. The Kier molecular flexibility index (Phi) is 10.4. The van der Waals surface area contributed by atoms with Crippen LogP contribution in [0.25, 0.3) is 0 Å². The minimum absolute atomic E-state index is 0.228. The van der Waals surface area contributed by atoms with E-state index in [0.717, 1.165) is 10.8 Å². The lowest BCUT2D eigenvalue weighted by Crippen LogP contribution is -2.01. The summed E-state index contributed by atoms with van der Waals surface area (Å²) >= 11 is 0. The summed E-state index contributed by atoms with van der Waals surface area (Å²) in [6.07, 6.45) is 1.76. The molecule has 5 heteroatoms. The Morgan fingerprint density at radius 1 is 1.44 bits per heavy atom. The lowest BCUT2D eigenvalue weighted by Gasteiger charge is -2.00. The second-order valence-corrected chi connectivity index (χ2v) is 4.85. The molecule has 0 aromatic carbocycles.